The van der Waals surface area contributed by atoms with Gasteiger partial charge in [-0.15, -0.1) is 0 Å². The van der Waals surface area contributed by atoms with E-state index in [1.54, 1.807) is 19.1 Å². The average molecular weight is 294 g/mol. The largest absolute Gasteiger partial charge is 0.416 e. The number of pyridine rings is 1. The standard InChI is InChI=1S/C15H13F3N2O/c1-2-13(21)12-7-4-8-19-14(12)20-11-6-3-5-10(9-11)15(16,17)18/h3-9H,2H2,1H3,(H,19,20). The first-order chi connectivity index (χ1) is 9.91. The third-order valence-electron chi connectivity index (χ3n) is 2.88. The molecule has 0 radical (unpaired) electrons. The molecular weight excluding hydrogens is 281 g/mol. The van der Waals surface area contributed by atoms with Crippen molar-refractivity contribution in [2.24, 2.45) is 0 Å². The molecule has 0 unspecified atom stereocenters. The van der Waals surface area contributed by atoms with Gasteiger partial charge in [-0.05, 0) is 30.3 Å². The van der Waals surface area contributed by atoms with Crippen LogP contribution in [0.15, 0.2) is 42.6 Å². The van der Waals surface area contributed by atoms with Crippen LogP contribution in [0.3, 0.4) is 0 Å². The van der Waals surface area contributed by atoms with Crippen LogP contribution >= 0.6 is 0 Å². The van der Waals surface area contributed by atoms with Gasteiger partial charge < -0.3 is 5.32 Å². The molecule has 0 atom stereocenters. The highest BCUT2D eigenvalue weighted by Gasteiger charge is 2.30. The predicted molar refractivity (Wildman–Crippen MR) is 73.6 cm³/mol. The lowest BCUT2D eigenvalue weighted by atomic mass is 10.1. The summed E-state index contributed by atoms with van der Waals surface area (Å²) in [5, 5.41) is 2.77. The Morgan fingerprint density at radius 2 is 2.00 bits per heavy atom. The molecule has 1 heterocycles. The normalized spacial score (nSPS) is 11.2. The summed E-state index contributed by atoms with van der Waals surface area (Å²) in [5.41, 5.74) is -0.169. The Hall–Kier alpha value is -2.37. The molecule has 1 aromatic heterocycles. The molecule has 1 aromatic carbocycles. The minimum absolute atomic E-state index is 0.127. The van der Waals surface area contributed by atoms with E-state index in [0.29, 0.717) is 12.0 Å². The van der Waals surface area contributed by atoms with Gasteiger partial charge in [-0.1, -0.05) is 13.0 Å². The number of benzene rings is 1. The van der Waals surface area contributed by atoms with Gasteiger partial charge in [-0.25, -0.2) is 4.98 Å². The van der Waals surface area contributed by atoms with E-state index in [-0.39, 0.29) is 17.3 Å². The van der Waals surface area contributed by atoms with Crippen LogP contribution in [0.25, 0.3) is 0 Å². The number of Topliss-reactive ketones (excluding diaryl/α,β-unsaturated/α-hetero) is 1. The molecule has 0 aliphatic carbocycles. The summed E-state index contributed by atoms with van der Waals surface area (Å²) in [6.45, 7) is 1.71. The van der Waals surface area contributed by atoms with E-state index in [2.05, 4.69) is 10.3 Å². The maximum atomic E-state index is 12.7. The van der Waals surface area contributed by atoms with Gasteiger partial charge in [-0.2, -0.15) is 13.2 Å². The number of hydrogen-bond acceptors (Lipinski definition) is 3. The summed E-state index contributed by atoms with van der Waals surface area (Å²) < 4.78 is 38.0. The molecule has 0 aliphatic rings. The number of alkyl halides is 3. The fourth-order valence-corrected chi connectivity index (χ4v) is 1.83. The van der Waals surface area contributed by atoms with Crippen LogP contribution in [0.2, 0.25) is 0 Å². The van der Waals surface area contributed by atoms with Crippen LogP contribution in [0.4, 0.5) is 24.7 Å². The zero-order valence-electron chi connectivity index (χ0n) is 11.2. The van der Waals surface area contributed by atoms with Crippen LogP contribution in [0.5, 0.6) is 0 Å². The van der Waals surface area contributed by atoms with E-state index in [1.807, 2.05) is 0 Å². The molecule has 0 bridgehead atoms. The summed E-state index contributed by atoms with van der Waals surface area (Å²) in [5.74, 6) is 0.126. The molecule has 21 heavy (non-hydrogen) atoms. The van der Waals surface area contributed by atoms with E-state index in [4.69, 9.17) is 0 Å². The van der Waals surface area contributed by atoms with Gasteiger partial charge in [0, 0.05) is 18.3 Å². The first-order valence-electron chi connectivity index (χ1n) is 6.34. The number of anilines is 2. The highest BCUT2D eigenvalue weighted by atomic mass is 19.4. The first-order valence-corrected chi connectivity index (χ1v) is 6.34. The van der Waals surface area contributed by atoms with Crippen LogP contribution in [0, 0.1) is 0 Å². The Balaban J connectivity index is 2.33. The van der Waals surface area contributed by atoms with Crippen LogP contribution in [-0.2, 0) is 6.18 Å². The number of rotatable bonds is 4. The quantitative estimate of drug-likeness (QED) is 0.848. The zero-order chi connectivity index (χ0) is 15.5. The highest BCUT2D eigenvalue weighted by molar-refractivity contribution is 6.00. The molecule has 0 fully saturated rings. The second-order valence-corrected chi connectivity index (χ2v) is 4.38. The zero-order valence-corrected chi connectivity index (χ0v) is 11.2. The molecule has 6 heteroatoms. The molecule has 0 amide bonds. The lowest BCUT2D eigenvalue weighted by molar-refractivity contribution is -0.137. The number of halogens is 3. The van der Waals surface area contributed by atoms with Crippen molar-refractivity contribution >= 4 is 17.3 Å². The topological polar surface area (TPSA) is 42.0 Å². The van der Waals surface area contributed by atoms with Gasteiger partial charge in [-0.3, -0.25) is 4.79 Å². The van der Waals surface area contributed by atoms with Crippen molar-refractivity contribution in [3.8, 4) is 0 Å². The third kappa shape index (κ3) is 3.59. The Morgan fingerprint density at radius 1 is 1.24 bits per heavy atom. The molecular formula is C15H13F3N2O. The number of aromatic nitrogens is 1. The molecule has 2 aromatic rings. The molecule has 110 valence electrons. The van der Waals surface area contributed by atoms with Gasteiger partial charge in [0.05, 0.1) is 11.1 Å². The minimum Gasteiger partial charge on any atom is -0.340 e. The van der Waals surface area contributed by atoms with E-state index >= 15 is 0 Å². The van der Waals surface area contributed by atoms with Crippen LogP contribution < -0.4 is 5.32 Å². The maximum absolute atomic E-state index is 12.7. The number of carbonyl (C=O) groups is 1. The molecule has 3 nitrogen and oxygen atoms in total. The third-order valence-corrected chi connectivity index (χ3v) is 2.88. The summed E-state index contributed by atoms with van der Waals surface area (Å²) in [6, 6.07) is 7.96. The first kappa shape index (κ1) is 15.0. The number of hydrogen-bond donors (Lipinski definition) is 1. The second kappa shape index (κ2) is 5.95. The Kier molecular flexibility index (Phi) is 4.26. The van der Waals surface area contributed by atoms with Crippen LogP contribution in [0.1, 0.15) is 29.3 Å². The summed E-state index contributed by atoms with van der Waals surface area (Å²) >= 11 is 0. The van der Waals surface area contributed by atoms with E-state index in [0.717, 1.165) is 12.1 Å². The van der Waals surface area contributed by atoms with Crippen LogP contribution in [-0.4, -0.2) is 10.8 Å². The molecule has 0 aliphatic heterocycles. The lowest BCUT2D eigenvalue weighted by Gasteiger charge is -2.12. The van der Waals surface area contributed by atoms with Crippen molar-refractivity contribution < 1.29 is 18.0 Å². The Labute approximate surface area is 119 Å². The lowest BCUT2D eigenvalue weighted by Crippen LogP contribution is -2.07. The van der Waals surface area contributed by atoms with Gasteiger partial charge >= 0.3 is 6.18 Å². The van der Waals surface area contributed by atoms with E-state index in [9.17, 15) is 18.0 Å². The fourth-order valence-electron chi connectivity index (χ4n) is 1.83. The van der Waals surface area contributed by atoms with Crippen molar-refractivity contribution in [1.82, 2.24) is 4.98 Å². The minimum atomic E-state index is -4.41. The van der Waals surface area contributed by atoms with Gasteiger partial charge in [0.15, 0.2) is 5.78 Å². The fraction of sp³-hybridized carbons (Fsp3) is 0.200. The van der Waals surface area contributed by atoms with Crippen molar-refractivity contribution in [2.75, 3.05) is 5.32 Å². The van der Waals surface area contributed by atoms with Crippen molar-refractivity contribution in [2.45, 2.75) is 19.5 Å². The van der Waals surface area contributed by atoms with E-state index in [1.165, 1.54) is 18.3 Å². The number of nitrogens with zero attached hydrogens (tertiary/aromatic N) is 1. The smallest absolute Gasteiger partial charge is 0.340 e. The summed E-state index contributed by atoms with van der Waals surface area (Å²) in [4.78, 5) is 15.8. The van der Waals surface area contributed by atoms with Crippen molar-refractivity contribution in [3.63, 3.8) is 0 Å². The summed E-state index contributed by atoms with van der Waals surface area (Å²) in [6.07, 6.45) is -2.64. The molecule has 0 spiro atoms. The molecule has 1 N–H and O–H groups in total. The number of nitrogens with one attached hydrogen (secondary N) is 1. The maximum Gasteiger partial charge on any atom is 0.416 e. The van der Waals surface area contributed by atoms with Crippen molar-refractivity contribution in [1.29, 1.82) is 0 Å². The summed E-state index contributed by atoms with van der Waals surface area (Å²) in [7, 11) is 0. The van der Waals surface area contributed by atoms with Gasteiger partial charge in [0.25, 0.3) is 0 Å². The number of carbonyl (C=O) groups excluding carboxylic acids is 1. The van der Waals surface area contributed by atoms with Crippen molar-refractivity contribution in [3.05, 3.63) is 53.7 Å². The van der Waals surface area contributed by atoms with E-state index < -0.39 is 11.7 Å². The van der Waals surface area contributed by atoms with Gasteiger partial charge in [0.1, 0.15) is 5.82 Å². The highest BCUT2D eigenvalue weighted by Crippen LogP contribution is 2.31. The molecule has 2 rings (SSSR count). The Bertz CT molecular complexity index is 653. The second-order valence-electron chi connectivity index (χ2n) is 4.38. The average Bonchev–Trinajstić information content (AvgIpc) is 2.46. The monoisotopic (exact) mass is 294 g/mol. The molecule has 0 saturated carbocycles. The SMILES string of the molecule is CCC(=O)c1cccnc1Nc1cccc(C(F)(F)F)c1. The number of ketones is 1. The predicted octanol–water partition coefficient (Wildman–Crippen LogP) is 4.44. The van der Waals surface area contributed by atoms with Gasteiger partial charge in [0.2, 0.25) is 0 Å². The molecule has 0 saturated heterocycles. The Morgan fingerprint density at radius 3 is 2.67 bits per heavy atom.